The summed E-state index contributed by atoms with van der Waals surface area (Å²) in [6.07, 6.45) is 1.77. The molecule has 5 rings (SSSR count). The van der Waals surface area contributed by atoms with Gasteiger partial charge >= 0.3 is 0 Å². The van der Waals surface area contributed by atoms with E-state index in [2.05, 4.69) is 10.3 Å². The fourth-order valence-electron chi connectivity index (χ4n) is 4.02. The standard InChI is InChI=1S/C25H19Cl2N3O2S/c1-31-16-10-8-15(9-11-16)30-24(23(29-25(30)33)19-7-2-3-14-28-19)21-13-12-20(32-21)17-5-4-6-18(26)22(17)27/h2-14,23-24H,1H3,(H,29,33). The van der Waals surface area contributed by atoms with Gasteiger partial charge in [0.05, 0.1) is 28.9 Å². The lowest BCUT2D eigenvalue weighted by Gasteiger charge is -2.26. The van der Waals surface area contributed by atoms with Gasteiger partial charge in [0.1, 0.15) is 23.3 Å². The van der Waals surface area contributed by atoms with E-state index in [-0.39, 0.29) is 12.1 Å². The highest BCUT2D eigenvalue weighted by atomic mass is 35.5. The van der Waals surface area contributed by atoms with E-state index < -0.39 is 0 Å². The fraction of sp³-hybridized carbons (Fsp3) is 0.120. The number of anilines is 1. The predicted molar refractivity (Wildman–Crippen MR) is 135 cm³/mol. The van der Waals surface area contributed by atoms with Crippen molar-refractivity contribution in [2.24, 2.45) is 0 Å². The number of benzene rings is 2. The summed E-state index contributed by atoms with van der Waals surface area (Å²) in [7, 11) is 1.64. The number of rotatable bonds is 5. The highest BCUT2D eigenvalue weighted by molar-refractivity contribution is 7.80. The van der Waals surface area contributed by atoms with Gasteiger partial charge in [0.2, 0.25) is 0 Å². The lowest BCUT2D eigenvalue weighted by molar-refractivity contribution is 0.414. The highest BCUT2D eigenvalue weighted by Gasteiger charge is 2.42. The van der Waals surface area contributed by atoms with E-state index in [0.29, 0.717) is 20.9 Å². The van der Waals surface area contributed by atoms with E-state index in [9.17, 15) is 0 Å². The minimum Gasteiger partial charge on any atom is -0.497 e. The second kappa shape index (κ2) is 9.06. The van der Waals surface area contributed by atoms with Crippen LogP contribution in [0.2, 0.25) is 10.0 Å². The van der Waals surface area contributed by atoms with Gasteiger partial charge in [-0.15, -0.1) is 0 Å². The van der Waals surface area contributed by atoms with Crippen LogP contribution in [0.1, 0.15) is 23.5 Å². The molecule has 0 spiro atoms. The smallest absolute Gasteiger partial charge is 0.174 e. The zero-order valence-electron chi connectivity index (χ0n) is 17.5. The maximum absolute atomic E-state index is 6.44. The van der Waals surface area contributed by atoms with Crippen LogP contribution in [0.5, 0.6) is 5.75 Å². The van der Waals surface area contributed by atoms with Crippen molar-refractivity contribution in [2.45, 2.75) is 12.1 Å². The zero-order chi connectivity index (χ0) is 22.9. The first kappa shape index (κ1) is 21.8. The Kier molecular flexibility index (Phi) is 5.98. The van der Waals surface area contributed by atoms with Crippen molar-refractivity contribution in [3.63, 3.8) is 0 Å². The molecule has 1 aliphatic rings. The van der Waals surface area contributed by atoms with Crippen LogP contribution in [0.3, 0.4) is 0 Å². The Morgan fingerprint density at radius 3 is 2.55 bits per heavy atom. The van der Waals surface area contributed by atoms with Crippen LogP contribution in [0, 0.1) is 0 Å². The van der Waals surface area contributed by atoms with Gasteiger partial charge in [-0.3, -0.25) is 4.98 Å². The Balaban J connectivity index is 1.60. The first-order valence-electron chi connectivity index (χ1n) is 10.3. The molecule has 1 saturated heterocycles. The summed E-state index contributed by atoms with van der Waals surface area (Å²) in [6.45, 7) is 0. The quantitative estimate of drug-likeness (QED) is 0.306. The van der Waals surface area contributed by atoms with Crippen LogP contribution in [0.15, 0.2) is 83.4 Å². The number of aromatic nitrogens is 1. The van der Waals surface area contributed by atoms with Crippen molar-refractivity contribution in [3.05, 3.63) is 100 Å². The number of pyridine rings is 1. The number of hydrogen-bond acceptors (Lipinski definition) is 4. The summed E-state index contributed by atoms with van der Waals surface area (Å²) >= 11 is 18.4. The van der Waals surface area contributed by atoms with Gasteiger partial charge in [0.25, 0.3) is 0 Å². The molecule has 2 atom stereocenters. The topological polar surface area (TPSA) is 50.5 Å². The molecule has 0 aliphatic carbocycles. The first-order valence-corrected chi connectivity index (χ1v) is 11.4. The van der Waals surface area contributed by atoms with E-state index in [0.717, 1.165) is 28.5 Å². The third-order valence-electron chi connectivity index (χ3n) is 5.58. The van der Waals surface area contributed by atoms with E-state index in [4.69, 9.17) is 44.6 Å². The molecule has 3 heterocycles. The molecule has 5 nitrogen and oxygen atoms in total. The Morgan fingerprint density at radius 1 is 1.00 bits per heavy atom. The van der Waals surface area contributed by atoms with Crippen molar-refractivity contribution in [3.8, 4) is 17.1 Å². The van der Waals surface area contributed by atoms with Crippen molar-refractivity contribution in [1.29, 1.82) is 0 Å². The summed E-state index contributed by atoms with van der Waals surface area (Å²) < 4.78 is 11.7. The lowest BCUT2D eigenvalue weighted by atomic mass is 10.0. The van der Waals surface area contributed by atoms with Crippen LogP contribution in [0.25, 0.3) is 11.3 Å². The van der Waals surface area contributed by atoms with Crippen LogP contribution in [-0.4, -0.2) is 17.2 Å². The molecule has 1 N–H and O–H groups in total. The molecule has 166 valence electrons. The van der Waals surface area contributed by atoms with Gasteiger partial charge in [-0.05, 0) is 72.9 Å². The fourth-order valence-corrected chi connectivity index (χ4v) is 4.75. The van der Waals surface area contributed by atoms with E-state index >= 15 is 0 Å². The van der Waals surface area contributed by atoms with E-state index in [1.807, 2.05) is 71.6 Å². The third kappa shape index (κ3) is 4.06. The molecule has 1 aliphatic heterocycles. The Labute approximate surface area is 206 Å². The lowest BCUT2D eigenvalue weighted by Crippen LogP contribution is -2.29. The Bertz CT molecular complexity index is 1290. The molecule has 2 unspecified atom stereocenters. The van der Waals surface area contributed by atoms with Gasteiger partial charge in [-0.25, -0.2) is 0 Å². The first-order chi connectivity index (χ1) is 16.1. The number of furan rings is 1. The summed E-state index contributed by atoms with van der Waals surface area (Å²) in [5, 5.41) is 4.93. The number of thiocarbonyl (C=S) groups is 1. The van der Waals surface area contributed by atoms with Crippen molar-refractivity contribution < 1.29 is 9.15 Å². The van der Waals surface area contributed by atoms with Gasteiger partial charge < -0.3 is 19.4 Å². The molecule has 8 heteroatoms. The monoisotopic (exact) mass is 495 g/mol. The van der Waals surface area contributed by atoms with Crippen LogP contribution in [-0.2, 0) is 0 Å². The van der Waals surface area contributed by atoms with E-state index in [1.165, 1.54) is 0 Å². The number of hydrogen-bond donors (Lipinski definition) is 1. The van der Waals surface area contributed by atoms with Crippen molar-refractivity contribution >= 4 is 46.2 Å². The second-order valence-electron chi connectivity index (χ2n) is 7.50. The molecular weight excluding hydrogens is 477 g/mol. The van der Waals surface area contributed by atoms with Crippen molar-refractivity contribution in [1.82, 2.24) is 10.3 Å². The molecule has 0 saturated carbocycles. The molecule has 0 radical (unpaired) electrons. The normalized spacial score (nSPS) is 17.8. The average Bonchev–Trinajstić information content (AvgIpc) is 3.46. The Hall–Kier alpha value is -3.06. The summed E-state index contributed by atoms with van der Waals surface area (Å²) in [6, 6.07) is 22.4. The highest BCUT2D eigenvalue weighted by Crippen LogP contribution is 2.44. The molecular formula is C25H19Cl2N3O2S. The number of ether oxygens (including phenoxy) is 1. The van der Waals surface area contributed by atoms with Crippen LogP contribution < -0.4 is 15.0 Å². The minimum absolute atomic E-state index is 0.213. The molecule has 0 amide bonds. The van der Waals surface area contributed by atoms with Gasteiger partial charge in [0.15, 0.2) is 5.11 Å². The summed E-state index contributed by atoms with van der Waals surface area (Å²) in [5.74, 6) is 2.12. The Morgan fingerprint density at radius 2 is 1.82 bits per heavy atom. The SMILES string of the molecule is COc1ccc(N2C(=S)NC(c3ccccn3)C2c2ccc(-c3cccc(Cl)c3Cl)o2)cc1. The molecule has 33 heavy (non-hydrogen) atoms. The summed E-state index contributed by atoms with van der Waals surface area (Å²) in [4.78, 5) is 6.61. The number of methoxy groups -OCH3 is 1. The average molecular weight is 496 g/mol. The van der Waals surface area contributed by atoms with E-state index in [1.54, 1.807) is 19.4 Å². The minimum atomic E-state index is -0.271. The van der Waals surface area contributed by atoms with Gasteiger partial charge in [0, 0.05) is 17.4 Å². The number of halogens is 2. The molecule has 4 aromatic rings. The van der Waals surface area contributed by atoms with Crippen LogP contribution >= 0.6 is 35.4 Å². The summed E-state index contributed by atoms with van der Waals surface area (Å²) in [5.41, 5.74) is 2.50. The number of nitrogens with zero attached hydrogens (tertiary/aromatic N) is 2. The van der Waals surface area contributed by atoms with Gasteiger partial charge in [-0.1, -0.05) is 35.3 Å². The molecule has 2 aromatic heterocycles. The maximum Gasteiger partial charge on any atom is 0.174 e. The van der Waals surface area contributed by atoms with Crippen molar-refractivity contribution in [2.75, 3.05) is 12.0 Å². The molecule has 0 bridgehead atoms. The maximum atomic E-state index is 6.44. The predicted octanol–water partition coefficient (Wildman–Crippen LogP) is 6.83. The number of nitrogens with one attached hydrogen (secondary N) is 1. The molecule has 1 fully saturated rings. The van der Waals surface area contributed by atoms with Crippen LogP contribution in [0.4, 0.5) is 5.69 Å². The third-order valence-corrected chi connectivity index (χ3v) is 6.72. The molecule has 2 aromatic carbocycles. The largest absolute Gasteiger partial charge is 0.497 e. The van der Waals surface area contributed by atoms with Gasteiger partial charge in [-0.2, -0.15) is 0 Å². The second-order valence-corrected chi connectivity index (χ2v) is 8.67. The zero-order valence-corrected chi connectivity index (χ0v) is 19.9.